The monoisotopic (exact) mass is 347 g/mol. The third kappa shape index (κ3) is 8.17. The van der Waals surface area contributed by atoms with Gasteiger partial charge in [0.1, 0.15) is 0 Å². The molecule has 0 unspecified atom stereocenters. The zero-order chi connectivity index (χ0) is 17.1. The molecule has 1 heterocycles. The molecule has 1 rings (SSSR count). The second-order valence-electron chi connectivity index (χ2n) is 5.32. The Hall–Kier alpha value is -1.35. The van der Waals surface area contributed by atoms with Crippen molar-refractivity contribution in [1.82, 2.24) is 20.3 Å². The van der Waals surface area contributed by atoms with Crippen LogP contribution in [0.25, 0.3) is 0 Å². The first-order valence-corrected chi connectivity index (χ1v) is 9.91. The van der Waals surface area contributed by atoms with Crippen molar-refractivity contribution in [2.45, 2.75) is 33.1 Å². The van der Waals surface area contributed by atoms with Crippen molar-refractivity contribution in [3.63, 3.8) is 0 Å². The van der Waals surface area contributed by atoms with E-state index in [4.69, 9.17) is 0 Å². The maximum Gasteiger partial charge on any atom is 0.222 e. The molecule has 0 atom stereocenters. The predicted molar refractivity (Wildman–Crippen MR) is 91.9 cm³/mol. The largest absolute Gasteiger partial charge is 0.357 e. The minimum Gasteiger partial charge on any atom is -0.357 e. The molecule has 1 amide bonds. The van der Waals surface area contributed by atoms with E-state index in [9.17, 15) is 13.2 Å². The highest BCUT2D eigenvalue weighted by Crippen LogP contribution is 2.09. The zero-order valence-corrected chi connectivity index (χ0v) is 14.9. The SMILES string of the molecule is CCNC(=NCCCN1CCCC1=O)NCCNS(=O)(=O)CC. The highest BCUT2D eigenvalue weighted by Gasteiger charge is 2.18. The molecule has 0 aromatic heterocycles. The van der Waals surface area contributed by atoms with Gasteiger partial charge in [-0.3, -0.25) is 9.79 Å². The third-order valence-corrected chi connectivity index (χ3v) is 4.90. The van der Waals surface area contributed by atoms with Crippen LogP contribution < -0.4 is 15.4 Å². The van der Waals surface area contributed by atoms with E-state index in [0.29, 0.717) is 32.0 Å². The van der Waals surface area contributed by atoms with Crippen LogP contribution in [0.4, 0.5) is 0 Å². The Balaban J connectivity index is 2.25. The Morgan fingerprint density at radius 2 is 2.04 bits per heavy atom. The molecule has 0 spiro atoms. The number of rotatable bonds is 10. The van der Waals surface area contributed by atoms with E-state index in [2.05, 4.69) is 20.3 Å². The molecule has 0 radical (unpaired) electrons. The van der Waals surface area contributed by atoms with Gasteiger partial charge < -0.3 is 15.5 Å². The number of amides is 1. The van der Waals surface area contributed by atoms with Crippen molar-refractivity contribution >= 4 is 21.9 Å². The Morgan fingerprint density at radius 3 is 2.65 bits per heavy atom. The van der Waals surface area contributed by atoms with Crippen molar-refractivity contribution in [2.24, 2.45) is 4.99 Å². The molecular weight excluding hydrogens is 318 g/mol. The molecule has 0 saturated carbocycles. The topological polar surface area (TPSA) is 103 Å². The molecule has 134 valence electrons. The maximum atomic E-state index is 11.5. The van der Waals surface area contributed by atoms with Crippen LogP contribution in [0.5, 0.6) is 0 Å². The Morgan fingerprint density at radius 1 is 1.26 bits per heavy atom. The summed E-state index contributed by atoms with van der Waals surface area (Å²) in [6.45, 7) is 7.33. The van der Waals surface area contributed by atoms with Gasteiger partial charge in [-0.15, -0.1) is 0 Å². The number of carbonyl (C=O) groups excluding carboxylic acids is 1. The first-order chi connectivity index (χ1) is 11.0. The van der Waals surface area contributed by atoms with Gasteiger partial charge in [-0.25, -0.2) is 13.1 Å². The summed E-state index contributed by atoms with van der Waals surface area (Å²) in [5, 5.41) is 6.20. The highest BCUT2D eigenvalue weighted by molar-refractivity contribution is 7.89. The van der Waals surface area contributed by atoms with Crippen LogP contribution in [-0.2, 0) is 14.8 Å². The summed E-state index contributed by atoms with van der Waals surface area (Å²) in [5.41, 5.74) is 0. The van der Waals surface area contributed by atoms with Crippen molar-refractivity contribution in [2.75, 3.05) is 45.0 Å². The summed E-state index contributed by atoms with van der Waals surface area (Å²) < 4.78 is 25.1. The normalized spacial score (nSPS) is 16.0. The van der Waals surface area contributed by atoms with Gasteiger partial charge in [0.05, 0.1) is 5.75 Å². The molecule has 8 nitrogen and oxygen atoms in total. The molecule has 0 bridgehead atoms. The average molecular weight is 347 g/mol. The number of nitrogens with zero attached hydrogens (tertiary/aromatic N) is 2. The van der Waals surface area contributed by atoms with Gasteiger partial charge in [0.15, 0.2) is 5.96 Å². The molecule has 0 aromatic carbocycles. The van der Waals surface area contributed by atoms with Crippen LogP contribution >= 0.6 is 0 Å². The van der Waals surface area contributed by atoms with Gasteiger partial charge in [0.25, 0.3) is 0 Å². The van der Waals surface area contributed by atoms with Gasteiger partial charge in [-0.2, -0.15) is 0 Å². The van der Waals surface area contributed by atoms with Crippen LogP contribution in [0.3, 0.4) is 0 Å². The second kappa shape index (κ2) is 10.4. The van der Waals surface area contributed by atoms with Crippen LogP contribution in [0, 0.1) is 0 Å². The van der Waals surface area contributed by atoms with Gasteiger partial charge in [-0.05, 0) is 26.7 Å². The summed E-state index contributed by atoms with van der Waals surface area (Å²) in [4.78, 5) is 17.8. The quantitative estimate of drug-likeness (QED) is 0.281. The zero-order valence-electron chi connectivity index (χ0n) is 14.1. The minimum absolute atomic E-state index is 0.0797. The van der Waals surface area contributed by atoms with Gasteiger partial charge in [0, 0.05) is 45.7 Å². The van der Waals surface area contributed by atoms with E-state index in [-0.39, 0.29) is 11.7 Å². The summed E-state index contributed by atoms with van der Waals surface area (Å²) in [7, 11) is -3.15. The highest BCUT2D eigenvalue weighted by atomic mass is 32.2. The van der Waals surface area contributed by atoms with E-state index in [1.54, 1.807) is 6.92 Å². The number of likely N-dealkylation sites (tertiary alicyclic amines) is 1. The van der Waals surface area contributed by atoms with Gasteiger partial charge >= 0.3 is 0 Å². The number of aliphatic imine (C=N–C) groups is 1. The molecule has 23 heavy (non-hydrogen) atoms. The number of hydrogen-bond acceptors (Lipinski definition) is 4. The lowest BCUT2D eigenvalue weighted by atomic mass is 10.4. The van der Waals surface area contributed by atoms with E-state index >= 15 is 0 Å². The molecule has 9 heteroatoms. The fourth-order valence-electron chi connectivity index (χ4n) is 2.22. The summed E-state index contributed by atoms with van der Waals surface area (Å²) >= 11 is 0. The average Bonchev–Trinajstić information content (AvgIpc) is 2.93. The van der Waals surface area contributed by atoms with Gasteiger partial charge in [0.2, 0.25) is 15.9 Å². The number of hydrogen-bond donors (Lipinski definition) is 3. The summed E-state index contributed by atoms with van der Waals surface area (Å²) in [6, 6.07) is 0. The van der Waals surface area contributed by atoms with Crippen LogP contribution in [0.2, 0.25) is 0 Å². The van der Waals surface area contributed by atoms with Gasteiger partial charge in [-0.1, -0.05) is 0 Å². The molecule has 1 fully saturated rings. The van der Waals surface area contributed by atoms with Crippen molar-refractivity contribution in [3.8, 4) is 0 Å². The molecule has 0 aliphatic carbocycles. The molecule has 1 aliphatic rings. The van der Waals surface area contributed by atoms with Crippen molar-refractivity contribution in [1.29, 1.82) is 0 Å². The predicted octanol–water partition coefficient (Wildman–Crippen LogP) is -0.507. The lowest BCUT2D eigenvalue weighted by molar-refractivity contribution is -0.127. The lowest BCUT2D eigenvalue weighted by Gasteiger charge is -2.15. The van der Waals surface area contributed by atoms with E-state index in [1.165, 1.54) is 0 Å². The standard InChI is InChI=1S/C14H29N5O3S/c1-3-15-14(17-9-10-18-23(21,22)4-2)16-8-6-12-19-11-5-7-13(19)20/h18H,3-12H2,1-2H3,(H2,15,16,17). The number of sulfonamides is 1. The molecule has 3 N–H and O–H groups in total. The van der Waals surface area contributed by atoms with Crippen molar-refractivity contribution < 1.29 is 13.2 Å². The van der Waals surface area contributed by atoms with Crippen LogP contribution in [-0.4, -0.2) is 70.2 Å². The first-order valence-electron chi connectivity index (χ1n) is 8.25. The van der Waals surface area contributed by atoms with Crippen LogP contribution in [0.15, 0.2) is 4.99 Å². The number of nitrogens with one attached hydrogen (secondary N) is 3. The summed E-state index contributed by atoms with van der Waals surface area (Å²) in [6.07, 6.45) is 2.45. The molecular formula is C14H29N5O3S. The van der Waals surface area contributed by atoms with E-state index in [0.717, 1.165) is 32.5 Å². The maximum absolute atomic E-state index is 11.5. The number of carbonyl (C=O) groups is 1. The second-order valence-corrected chi connectivity index (χ2v) is 7.42. The third-order valence-electron chi connectivity index (χ3n) is 3.49. The fraction of sp³-hybridized carbons (Fsp3) is 0.857. The molecule has 1 aliphatic heterocycles. The Labute approximate surface area is 139 Å². The van der Waals surface area contributed by atoms with E-state index < -0.39 is 10.0 Å². The Bertz CT molecular complexity index is 493. The smallest absolute Gasteiger partial charge is 0.222 e. The fourth-order valence-corrected chi connectivity index (χ4v) is 2.84. The lowest BCUT2D eigenvalue weighted by Crippen LogP contribution is -2.41. The van der Waals surface area contributed by atoms with Crippen molar-refractivity contribution in [3.05, 3.63) is 0 Å². The molecule has 0 aromatic rings. The van der Waals surface area contributed by atoms with Crippen LogP contribution in [0.1, 0.15) is 33.1 Å². The Kier molecular flexibility index (Phi) is 8.93. The number of guanidine groups is 1. The van der Waals surface area contributed by atoms with E-state index in [1.807, 2.05) is 11.8 Å². The first kappa shape index (κ1) is 19.7. The summed E-state index contributed by atoms with van der Waals surface area (Å²) in [5.74, 6) is 0.981. The minimum atomic E-state index is -3.15. The molecule has 1 saturated heterocycles.